The summed E-state index contributed by atoms with van der Waals surface area (Å²) in [4.78, 5) is 0. The molecule has 236 valence electrons. The summed E-state index contributed by atoms with van der Waals surface area (Å²) in [5.41, 5.74) is 2.19. The molecule has 41 heavy (non-hydrogen) atoms. The highest BCUT2D eigenvalue weighted by molar-refractivity contribution is 5.25. The number of allylic oxidation sites excluding steroid dienone is 1. The van der Waals surface area contributed by atoms with Gasteiger partial charge in [0.05, 0.1) is 12.7 Å². The molecule has 1 aliphatic heterocycles. The van der Waals surface area contributed by atoms with Gasteiger partial charge in [0.15, 0.2) is 6.29 Å². The van der Waals surface area contributed by atoms with Gasteiger partial charge in [-0.25, -0.2) is 0 Å². The molecule has 4 N–H and O–H groups in total. The average Bonchev–Trinajstić information content (AvgIpc) is 3.30. The third kappa shape index (κ3) is 5.73. The zero-order valence-electron chi connectivity index (χ0n) is 26.7. The van der Waals surface area contributed by atoms with E-state index < -0.39 is 37.3 Å². The molecule has 1 saturated heterocycles. The van der Waals surface area contributed by atoms with Crippen molar-refractivity contribution >= 4 is 0 Å². The lowest BCUT2D eigenvalue weighted by Crippen LogP contribution is -2.60. The van der Waals surface area contributed by atoms with E-state index in [1.807, 2.05) is 0 Å². The molecule has 1 heterocycles. The van der Waals surface area contributed by atoms with E-state index in [0.717, 1.165) is 60.7 Å². The normalized spacial score (nSPS) is 47.7. The van der Waals surface area contributed by atoms with Crippen LogP contribution in [0, 0.1) is 52.3 Å². The Morgan fingerprint density at radius 1 is 0.951 bits per heavy atom. The van der Waals surface area contributed by atoms with Crippen molar-refractivity contribution in [3.8, 4) is 0 Å². The van der Waals surface area contributed by atoms with Crippen molar-refractivity contribution < 1.29 is 29.9 Å². The van der Waals surface area contributed by atoms with Crippen molar-refractivity contribution in [1.29, 1.82) is 0 Å². The van der Waals surface area contributed by atoms with Gasteiger partial charge in [-0.2, -0.15) is 0 Å². The van der Waals surface area contributed by atoms with Crippen molar-refractivity contribution in [3.05, 3.63) is 11.6 Å². The van der Waals surface area contributed by atoms with Crippen LogP contribution in [-0.4, -0.2) is 63.8 Å². The zero-order chi connectivity index (χ0) is 29.7. The fraction of sp³-hybridized carbons (Fsp3) is 0.943. The Morgan fingerprint density at radius 3 is 2.39 bits per heavy atom. The standard InChI is InChI=1S/C35H60O6/c1-7-22(20(2)3)9-8-21(4)26-12-13-27-25-11-10-23-18-24(14-16-34(23,5)28(25)15-17-35(26,27)6)40-33-32(39)31(38)30(37)29(19-36)41-33/h10,20-22,24-33,36-39H,7-9,11-19H2,1-6H3/t21-,22-,24+,25?,26-,27?,28?,29+,30+,31-,32+,33+,34+,35-/m1/s1. The van der Waals surface area contributed by atoms with Crippen LogP contribution >= 0.6 is 0 Å². The highest BCUT2D eigenvalue weighted by Gasteiger charge is 2.59. The minimum absolute atomic E-state index is 0.101. The summed E-state index contributed by atoms with van der Waals surface area (Å²) in [5, 5.41) is 40.4. The number of aliphatic hydroxyl groups is 4. The largest absolute Gasteiger partial charge is 0.394 e. The minimum Gasteiger partial charge on any atom is -0.394 e. The van der Waals surface area contributed by atoms with Crippen LogP contribution in [0.15, 0.2) is 11.6 Å². The van der Waals surface area contributed by atoms with Gasteiger partial charge in [0.1, 0.15) is 24.4 Å². The lowest BCUT2D eigenvalue weighted by atomic mass is 9.47. The van der Waals surface area contributed by atoms with Gasteiger partial charge in [0.25, 0.3) is 0 Å². The Bertz CT molecular complexity index is 918. The lowest BCUT2D eigenvalue weighted by molar-refractivity contribution is -0.313. The van der Waals surface area contributed by atoms with Gasteiger partial charge in [-0.1, -0.05) is 66.0 Å². The van der Waals surface area contributed by atoms with Gasteiger partial charge in [-0.05, 0) is 110 Å². The quantitative estimate of drug-likeness (QED) is 0.257. The molecule has 14 atom stereocenters. The maximum Gasteiger partial charge on any atom is 0.186 e. The first-order valence-corrected chi connectivity index (χ1v) is 17.1. The molecule has 0 aromatic carbocycles. The second-order valence-electron chi connectivity index (χ2n) is 15.7. The predicted molar refractivity (Wildman–Crippen MR) is 161 cm³/mol. The second-order valence-corrected chi connectivity index (χ2v) is 15.7. The Hall–Kier alpha value is -0.500. The molecule has 4 fully saturated rings. The first kappa shape index (κ1) is 31.9. The van der Waals surface area contributed by atoms with Crippen LogP contribution in [0.1, 0.15) is 112 Å². The van der Waals surface area contributed by atoms with Gasteiger partial charge < -0.3 is 29.9 Å². The average molecular weight is 577 g/mol. The summed E-state index contributed by atoms with van der Waals surface area (Å²) in [7, 11) is 0. The van der Waals surface area contributed by atoms with Crippen molar-refractivity contribution in [2.45, 2.75) is 149 Å². The van der Waals surface area contributed by atoms with Crippen molar-refractivity contribution in [1.82, 2.24) is 0 Å². The van der Waals surface area contributed by atoms with E-state index in [0.29, 0.717) is 5.41 Å². The van der Waals surface area contributed by atoms with E-state index in [9.17, 15) is 20.4 Å². The van der Waals surface area contributed by atoms with E-state index >= 15 is 0 Å². The zero-order valence-corrected chi connectivity index (χ0v) is 26.7. The molecule has 0 aromatic heterocycles. The molecule has 5 aliphatic rings. The van der Waals surface area contributed by atoms with Gasteiger partial charge in [-0.15, -0.1) is 0 Å². The predicted octanol–water partition coefficient (Wildman–Crippen LogP) is 5.85. The molecule has 0 amide bonds. The summed E-state index contributed by atoms with van der Waals surface area (Å²) in [6, 6.07) is 0. The number of aliphatic hydroxyl groups excluding tert-OH is 4. The summed E-state index contributed by atoms with van der Waals surface area (Å²) in [6.07, 6.45) is 9.92. The molecular formula is C35H60O6. The SMILES string of the molecule is CC[C@H](CC[C@@H](C)[C@H]1CCC2C3CC=C4C[C@@H](O[C@H]5O[C@@H](CO)[C@H](O)[C@@H](O)[C@@H]5O)CC[C@]4(C)C3CC[C@@]21C)C(C)C. The van der Waals surface area contributed by atoms with Crippen LogP contribution in [0.4, 0.5) is 0 Å². The summed E-state index contributed by atoms with van der Waals surface area (Å²) in [5.74, 6) is 5.66. The lowest BCUT2D eigenvalue weighted by Gasteiger charge is -2.58. The van der Waals surface area contributed by atoms with E-state index in [-0.39, 0.29) is 11.5 Å². The van der Waals surface area contributed by atoms with Gasteiger partial charge in [0.2, 0.25) is 0 Å². The maximum absolute atomic E-state index is 10.5. The van der Waals surface area contributed by atoms with Gasteiger partial charge >= 0.3 is 0 Å². The van der Waals surface area contributed by atoms with E-state index in [4.69, 9.17) is 9.47 Å². The third-order valence-electron chi connectivity index (χ3n) is 13.5. The number of fused-ring (bicyclic) bond motifs is 5. The van der Waals surface area contributed by atoms with Crippen LogP contribution in [0.3, 0.4) is 0 Å². The van der Waals surface area contributed by atoms with Crippen molar-refractivity contribution in [3.63, 3.8) is 0 Å². The van der Waals surface area contributed by atoms with Gasteiger partial charge in [0, 0.05) is 0 Å². The van der Waals surface area contributed by atoms with Gasteiger partial charge in [-0.3, -0.25) is 0 Å². The number of rotatable bonds is 9. The summed E-state index contributed by atoms with van der Waals surface area (Å²) in [6.45, 7) is 14.5. The van der Waals surface area contributed by atoms with Crippen LogP contribution < -0.4 is 0 Å². The maximum atomic E-state index is 10.5. The number of hydrogen-bond donors (Lipinski definition) is 4. The highest BCUT2D eigenvalue weighted by Crippen LogP contribution is 2.67. The second kappa shape index (κ2) is 12.5. The van der Waals surface area contributed by atoms with Crippen LogP contribution in [0.5, 0.6) is 0 Å². The van der Waals surface area contributed by atoms with Crippen molar-refractivity contribution in [2.75, 3.05) is 6.61 Å². The summed E-state index contributed by atoms with van der Waals surface area (Å²) < 4.78 is 11.9. The molecule has 6 heteroatoms. The van der Waals surface area contributed by atoms with Crippen molar-refractivity contribution in [2.24, 2.45) is 52.3 Å². The molecule has 0 aromatic rings. The Labute approximate surface area is 249 Å². The Morgan fingerprint density at radius 2 is 1.71 bits per heavy atom. The third-order valence-corrected chi connectivity index (χ3v) is 13.5. The highest BCUT2D eigenvalue weighted by atomic mass is 16.7. The molecule has 0 spiro atoms. The Balaban J connectivity index is 1.24. The molecule has 0 radical (unpaired) electrons. The van der Waals surface area contributed by atoms with Crippen LogP contribution in [0.25, 0.3) is 0 Å². The fourth-order valence-electron chi connectivity index (χ4n) is 10.8. The molecular weight excluding hydrogens is 516 g/mol. The smallest absolute Gasteiger partial charge is 0.186 e. The van der Waals surface area contributed by atoms with Crippen LogP contribution in [-0.2, 0) is 9.47 Å². The minimum atomic E-state index is -1.40. The number of ether oxygens (including phenoxy) is 2. The molecule has 3 saturated carbocycles. The van der Waals surface area contributed by atoms with E-state index in [1.165, 1.54) is 56.9 Å². The van der Waals surface area contributed by atoms with Crippen LogP contribution in [0.2, 0.25) is 0 Å². The van der Waals surface area contributed by atoms with E-state index in [1.54, 1.807) is 0 Å². The number of hydrogen-bond acceptors (Lipinski definition) is 6. The first-order chi connectivity index (χ1) is 19.4. The topological polar surface area (TPSA) is 99.4 Å². The first-order valence-electron chi connectivity index (χ1n) is 17.1. The Kier molecular flexibility index (Phi) is 9.71. The van der Waals surface area contributed by atoms with E-state index in [2.05, 4.69) is 47.6 Å². The fourth-order valence-corrected chi connectivity index (χ4v) is 10.8. The molecule has 4 aliphatic carbocycles. The monoisotopic (exact) mass is 576 g/mol. The summed E-state index contributed by atoms with van der Waals surface area (Å²) >= 11 is 0. The molecule has 5 rings (SSSR count). The molecule has 6 nitrogen and oxygen atoms in total. The molecule has 0 bridgehead atoms. The molecule has 3 unspecified atom stereocenters.